The maximum Gasteiger partial charge on any atom is 0.252 e. The van der Waals surface area contributed by atoms with Crippen LogP contribution in [0, 0.1) is 0 Å². The van der Waals surface area contributed by atoms with Crippen molar-refractivity contribution in [1.82, 2.24) is 63.0 Å². The lowest BCUT2D eigenvalue weighted by molar-refractivity contribution is -0.277. The minimum Gasteiger partial charge on any atom is -0.508 e. The van der Waals surface area contributed by atoms with E-state index in [1.54, 1.807) is 39.2 Å². The van der Waals surface area contributed by atoms with Crippen LogP contribution in [0.5, 0.6) is 80.5 Å². The van der Waals surface area contributed by atoms with Gasteiger partial charge in [-0.25, -0.2) is 0 Å². The third kappa shape index (κ3) is 23.2. The Labute approximate surface area is 802 Å². The Morgan fingerprint density at radius 1 is 0.514 bits per heavy atom. The van der Waals surface area contributed by atoms with Gasteiger partial charge >= 0.3 is 0 Å². The van der Waals surface area contributed by atoms with Gasteiger partial charge in [0.05, 0.1) is 35.9 Å². The highest BCUT2D eigenvalue weighted by atomic mass is 35.5. The summed E-state index contributed by atoms with van der Waals surface area (Å²) in [7, 11) is 8.65. The minimum atomic E-state index is -2.42. The van der Waals surface area contributed by atoms with Crippen LogP contribution in [0.3, 0.4) is 0 Å². The minimum absolute atomic E-state index is 0.0569. The molecule has 42 heteroatoms. The van der Waals surface area contributed by atoms with Crippen LogP contribution in [0.4, 0.5) is 0 Å². The molecule has 8 aromatic carbocycles. The Bertz CT molecular complexity index is 5800. The van der Waals surface area contributed by atoms with E-state index in [0.29, 0.717) is 55.2 Å². The molecular weight excluding hydrogens is 1840 g/mol. The lowest BCUT2D eigenvalue weighted by Crippen LogP contribution is -2.66. The molecule has 40 nitrogen and oxygen atoms in total. The Kier molecular flexibility index (Phi) is 32.9. The predicted molar refractivity (Wildman–Crippen MR) is 495 cm³/mol. The molecule has 17 bridgehead atoms. The van der Waals surface area contributed by atoms with Crippen molar-refractivity contribution in [2.75, 3.05) is 81.2 Å². The molecule has 0 saturated carbocycles. The number of hydrogen-bond donors (Lipinski definition) is 21. The van der Waals surface area contributed by atoms with Crippen molar-refractivity contribution in [1.29, 1.82) is 0 Å². The first-order chi connectivity index (χ1) is 66.1. The van der Waals surface area contributed by atoms with Crippen LogP contribution < -0.4 is 86.3 Å². The molecule has 0 aromatic heterocycles. The molecule has 8 heterocycles. The molecule has 8 amide bonds. The highest BCUT2D eigenvalue weighted by molar-refractivity contribution is 6.33. The average molecular weight is 1950 g/mol. The van der Waals surface area contributed by atoms with Crippen LogP contribution >= 0.6 is 23.2 Å². The predicted octanol–water partition coefficient (Wildman–Crippen LogP) is 4.41. The molecule has 738 valence electrons. The van der Waals surface area contributed by atoms with Crippen molar-refractivity contribution in [3.05, 3.63) is 188 Å². The van der Waals surface area contributed by atoms with Gasteiger partial charge in [0.25, 0.3) is 5.91 Å². The van der Waals surface area contributed by atoms with Crippen molar-refractivity contribution in [3.63, 3.8) is 0 Å². The molecule has 2 saturated heterocycles. The normalized spacial score (nSPS) is 24.8. The third-order valence-corrected chi connectivity index (χ3v) is 24.9. The van der Waals surface area contributed by atoms with E-state index in [0.717, 1.165) is 86.3 Å². The number of phenolic OH excluding ortho intramolecular Hbond substituents is 4. The Hall–Kier alpha value is -12.6. The number of rotatable bonds is 27. The molecule has 16 rings (SSSR count). The SMILES string of the molecule is CCCCCCOc1ccc(CNC2[C@H](Oc3c4cc5cc3Oc3ccc(cc3Cl)[C@@H](O)C3NC(=O)[C@H](NC(=O)[C@@H]5NC(=O)[C@H]5NC(=O)[C@@H](Cc6ccc(cc6)O4)NC(=O)[C@H](NC)c4ccc(O)c(c4)Oc4cc(O)c(Cl)c5c4)c4ccc(O)c(c4)-c4c(O[C@H]5O[C@H](CO)[C@@H](O)[C@H](O)[C@@H]5O)cc(O)cc4[C@@H](C(=O)NCCCN(C)C)NC3=O)OC(C(=O)NCCCN(C)C)C(O)[C@@H]2O)cc1OCC. The van der Waals surface area contributed by atoms with Gasteiger partial charge in [0.2, 0.25) is 59.7 Å². The average Bonchev–Trinajstić information content (AvgIpc) is 0.757. The second kappa shape index (κ2) is 44.9. The van der Waals surface area contributed by atoms with Crippen molar-refractivity contribution in [2.24, 2.45) is 0 Å². The zero-order chi connectivity index (χ0) is 98.8. The van der Waals surface area contributed by atoms with Gasteiger partial charge in [-0.2, -0.15) is 0 Å². The number of aromatic hydroxyl groups is 4. The number of nitrogens with zero attached hydrogens (tertiary/aromatic N) is 2. The zero-order valence-corrected chi connectivity index (χ0v) is 77.7. The maximum absolute atomic E-state index is 17.1. The summed E-state index contributed by atoms with van der Waals surface area (Å²) in [6.45, 7) is 4.30. The van der Waals surface area contributed by atoms with Crippen molar-refractivity contribution >= 4 is 70.5 Å². The van der Waals surface area contributed by atoms with E-state index in [4.69, 9.17) is 65.8 Å². The Morgan fingerprint density at radius 2 is 1.17 bits per heavy atom. The molecule has 2 fully saturated rings. The highest BCUT2D eigenvalue weighted by Gasteiger charge is 2.51. The number of carbonyl (C=O) groups excluding carboxylic acids is 8. The first-order valence-electron chi connectivity index (χ1n) is 45.1. The first-order valence-corrected chi connectivity index (χ1v) is 45.8. The number of halogens is 2. The largest absolute Gasteiger partial charge is 0.508 e. The van der Waals surface area contributed by atoms with Gasteiger partial charge in [-0.05, 0) is 198 Å². The number of carbonyl (C=O) groups is 8. The van der Waals surface area contributed by atoms with Crippen LogP contribution in [0.25, 0.3) is 11.1 Å². The van der Waals surface area contributed by atoms with Gasteiger partial charge in [-0.3, -0.25) is 38.4 Å². The fourth-order valence-electron chi connectivity index (χ4n) is 16.9. The van der Waals surface area contributed by atoms with E-state index < -0.39 is 253 Å². The summed E-state index contributed by atoms with van der Waals surface area (Å²) in [5.74, 6) is -14.9. The fourth-order valence-corrected chi connectivity index (χ4v) is 17.3. The van der Waals surface area contributed by atoms with Gasteiger partial charge < -0.3 is 162 Å². The molecule has 8 aliphatic rings. The third-order valence-electron chi connectivity index (χ3n) is 24.2. The molecule has 18 atom stereocenters. The monoisotopic (exact) mass is 1950 g/mol. The van der Waals surface area contributed by atoms with Gasteiger partial charge in [-0.15, -0.1) is 0 Å². The van der Waals surface area contributed by atoms with Crippen LogP contribution in [0.1, 0.15) is 133 Å². The molecule has 0 spiro atoms. The number of fused-ring (bicyclic) bond motifs is 14. The maximum atomic E-state index is 17.1. The Morgan fingerprint density at radius 3 is 1.87 bits per heavy atom. The molecule has 0 radical (unpaired) electrons. The smallest absolute Gasteiger partial charge is 0.252 e. The quantitative estimate of drug-likeness (QED) is 0.0317. The van der Waals surface area contributed by atoms with E-state index in [1.807, 2.05) is 23.9 Å². The summed E-state index contributed by atoms with van der Waals surface area (Å²) in [5, 5.41) is 157. The number of unbranched alkanes of at least 4 members (excludes halogenated alkanes) is 3. The number of amides is 8. The highest BCUT2D eigenvalue weighted by Crippen LogP contribution is 2.51. The summed E-state index contributed by atoms with van der Waals surface area (Å²) in [5.41, 5.74) is -1.92. The van der Waals surface area contributed by atoms with Gasteiger partial charge in [-0.1, -0.05) is 85.8 Å². The van der Waals surface area contributed by atoms with Gasteiger partial charge in [0, 0.05) is 54.9 Å². The van der Waals surface area contributed by atoms with Gasteiger partial charge in [0.15, 0.2) is 40.6 Å². The number of hydrogen-bond acceptors (Lipinski definition) is 32. The summed E-state index contributed by atoms with van der Waals surface area (Å²) in [6.07, 6.45) is -16.1. The number of aliphatic hydroxyl groups excluding tert-OH is 7. The number of aliphatic hydroxyl groups is 7. The van der Waals surface area contributed by atoms with Crippen LogP contribution in [0.2, 0.25) is 10.0 Å². The zero-order valence-electron chi connectivity index (χ0n) is 76.2. The number of benzene rings is 8. The first kappa shape index (κ1) is 101. The second-order valence-electron chi connectivity index (χ2n) is 34.7. The molecule has 8 aliphatic heterocycles. The Balaban J connectivity index is 1.00. The fraction of sp³-hybridized carbons (Fsp3) is 0.417. The van der Waals surface area contributed by atoms with Gasteiger partial charge in [0.1, 0.15) is 125 Å². The topological polar surface area (TPSA) is 569 Å². The summed E-state index contributed by atoms with van der Waals surface area (Å²) in [6, 6.07) is 12.0. The molecule has 4 unspecified atom stereocenters. The van der Waals surface area contributed by atoms with Crippen LogP contribution in [-0.4, -0.2) is 268 Å². The molecule has 0 aliphatic carbocycles. The summed E-state index contributed by atoms with van der Waals surface area (Å²) >= 11 is 14.5. The second-order valence-corrected chi connectivity index (χ2v) is 35.5. The number of ether oxygens (including phenoxy) is 9. The van der Waals surface area contributed by atoms with E-state index in [9.17, 15) is 65.8 Å². The standard InChI is InChI=1S/C96H112Cl2N12O28/c1-8-10-11-12-31-131-63-25-17-46(33-65(63)130-9-2)43-102-78-81(118)83(120)86(94(129)101-28-14-30-110(6)7)138-95(78)137-85-67-37-50-38-68(85)134-62-26-20-49(35-57(62)97)79(116)77-93(128)107-75(88(123)100-27-13-29-109(4)5)55-39-51(112)40-66(135-96-84(121)82(119)80(117)69(44-111)136-96)70(55)54-34-47(18-23-59(54)113)73(90(125)108-77)104-91(126)74(50)105-92(127)76-56-41-53(42-61(115)71(56)98)133-64-36-48(19-24-60(64)114)72(99-3)89(124)103-58(87(122)106-76)32-45-15-21-52(132-67)22-16-45/h15-26,33-42,58,69,72-84,86,95-96,99,102,111-121H,8-14,27-32,43-44H2,1-7H3,(H,100,123)(H,101,129)(H,103,124)(H,104,126)(H,105,127)(H,106,122)(H,107,128)(H,108,125)/t58-,69-,72-,73-,74-,75+,76+,77?,78?,79-,80-,81-,82+,83?,84+,86?,95-,96+/m1/s1. The van der Waals surface area contributed by atoms with Crippen molar-refractivity contribution in [2.45, 2.75) is 175 Å². The van der Waals surface area contributed by atoms with Crippen LogP contribution in [0.15, 0.2) is 133 Å². The van der Waals surface area contributed by atoms with E-state index >= 15 is 28.8 Å². The molecule has 21 N–H and O–H groups in total. The van der Waals surface area contributed by atoms with E-state index in [2.05, 4.69) is 60.1 Å². The number of phenols is 4. The van der Waals surface area contributed by atoms with E-state index in [-0.39, 0.29) is 66.8 Å². The number of nitrogens with one attached hydrogen (secondary N) is 10. The lowest BCUT2D eigenvalue weighted by atomic mass is 9.89. The summed E-state index contributed by atoms with van der Waals surface area (Å²) in [4.78, 5) is 130. The summed E-state index contributed by atoms with van der Waals surface area (Å²) < 4.78 is 58.3. The van der Waals surface area contributed by atoms with E-state index in [1.165, 1.54) is 61.6 Å². The molecular formula is C96H112Cl2N12O28. The number of likely N-dealkylation sites (N-methyl/N-ethyl adjacent to an activating group) is 1. The van der Waals surface area contributed by atoms with Crippen molar-refractivity contribution < 1.29 is 137 Å². The molecule has 138 heavy (non-hydrogen) atoms. The van der Waals surface area contributed by atoms with Crippen molar-refractivity contribution in [3.8, 4) is 91.6 Å². The van der Waals surface area contributed by atoms with Crippen LogP contribution in [-0.2, 0) is 60.8 Å². The molecule has 8 aromatic rings. The lowest BCUT2D eigenvalue weighted by Gasteiger charge is -2.42.